The van der Waals surface area contributed by atoms with Crippen LogP contribution < -0.4 is 5.32 Å². The van der Waals surface area contributed by atoms with Crippen molar-refractivity contribution in [3.05, 3.63) is 28.2 Å². The van der Waals surface area contributed by atoms with Gasteiger partial charge in [0.2, 0.25) is 5.91 Å². The molecule has 0 atom stereocenters. The summed E-state index contributed by atoms with van der Waals surface area (Å²) >= 11 is 1.38. The van der Waals surface area contributed by atoms with Gasteiger partial charge < -0.3 is 10.1 Å². The monoisotopic (exact) mass is 254 g/mol. The molecular weight excluding hydrogens is 240 g/mol. The van der Waals surface area contributed by atoms with Crippen LogP contribution in [0.1, 0.15) is 22.4 Å². The van der Waals surface area contributed by atoms with Gasteiger partial charge in [-0.1, -0.05) is 6.08 Å². The van der Waals surface area contributed by atoms with Crippen molar-refractivity contribution in [2.24, 2.45) is 0 Å². The number of carbonyl (C=O) groups is 2. The first kappa shape index (κ1) is 13.4. The molecule has 0 unspecified atom stereocenters. The number of methoxy groups -OCH3 is 1. The fraction of sp³-hybridized carbons (Fsp3) is 0.364. The average molecular weight is 254 g/mol. The van der Waals surface area contributed by atoms with Crippen molar-refractivity contribution in [3.63, 3.8) is 0 Å². The predicted octanol–water partition coefficient (Wildman–Crippen LogP) is 1.16. The molecule has 0 aliphatic carbocycles. The maximum absolute atomic E-state index is 11.1. The van der Waals surface area contributed by atoms with Gasteiger partial charge in [-0.15, -0.1) is 11.3 Å². The minimum Gasteiger partial charge on any atom is -0.464 e. The number of nitrogens with zero attached hydrogens (tertiary/aromatic N) is 1. The summed E-state index contributed by atoms with van der Waals surface area (Å²) in [6.45, 7) is 2.28. The van der Waals surface area contributed by atoms with Crippen molar-refractivity contribution in [2.45, 2.75) is 13.3 Å². The zero-order valence-corrected chi connectivity index (χ0v) is 10.5. The third kappa shape index (κ3) is 4.36. The minimum absolute atomic E-state index is 0.128. The lowest BCUT2D eigenvalue weighted by molar-refractivity contribution is -0.116. The van der Waals surface area contributed by atoms with E-state index in [0.29, 0.717) is 18.7 Å². The van der Waals surface area contributed by atoms with Gasteiger partial charge >= 0.3 is 5.97 Å². The summed E-state index contributed by atoms with van der Waals surface area (Å²) in [7, 11) is 1.32. The van der Waals surface area contributed by atoms with E-state index >= 15 is 0 Å². The summed E-state index contributed by atoms with van der Waals surface area (Å²) in [5.74, 6) is -0.567. The Hall–Kier alpha value is -1.69. The Kier molecular flexibility index (Phi) is 5.35. The number of carbonyl (C=O) groups excluding carboxylic acids is 2. The van der Waals surface area contributed by atoms with Crippen molar-refractivity contribution in [2.75, 3.05) is 13.7 Å². The van der Waals surface area contributed by atoms with Gasteiger partial charge in [-0.05, 0) is 13.0 Å². The number of aromatic nitrogens is 1. The highest BCUT2D eigenvalue weighted by molar-refractivity contribution is 7.09. The molecular formula is C11H14N2O3S. The predicted molar refractivity (Wildman–Crippen MR) is 65.0 cm³/mol. The van der Waals surface area contributed by atoms with E-state index in [1.54, 1.807) is 18.4 Å². The van der Waals surface area contributed by atoms with Crippen LogP contribution >= 0.6 is 11.3 Å². The second kappa shape index (κ2) is 6.80. The molecule has 0 bridgehead atoms. The lowest BCUT2D eigenvalue weighted by atomic mass is 10.4. The lowest BCUT2D eigenvalue weighted by Gasteiger charge is -1.98. The van der Waals surface area contributed by atoms with Crippen molar-refractivity contribution < 1.29 is 14.3 Å². The molecule has 1 amide bonds. The molecule has 0 saturated carbocycles. The van der Waals surface area contributed by atoms with Crippen LogP contribution in [0.3, 0.4) is 0 Å². The molecule has 0 aromatic carbocycles. The van der Waals surface area contributed by atoms with E-state index in [2.05, 4.69) is 15.0 Å². The van der Waals surface area contributed by atoms with E-state index in [9.17, 15) is 9.59 Å². The van der Waals surface area contributed by atoms with Crippen LogP contribution in [0.5, 0.6) is 0 Å². The summed E-state index contributed by atoms with van der Waals surface area (Å²) in [5.41, 5.74) is 0.312. The average Bonchev–Trinajstić information content (AvgIpc) is 2.77. The van der Waals surface area contributed by atoms with Crippen LogP contribution in [0.25, 0.3) is 0 Å². The third-order valence-corrected chi connectivity index (χ3v) is 2.81. The largest absolute Gasteiger partial charge is 0.464 e. The number of thiazole rings is 1. The molecule has 1 aromatic heterocycles. The fourth-order valence-corrected chi connectivity index (χ4v) is 1.89. The molecule has 0 aliphatic rings. The van der Waals surface area contributed by atoms with Crippen molar-refractivity contribution in [1.82, 2.24) is 10.3 Å². The van der Waals surface area contributed by atoms with E-state index in [1.165, 1.54) is 24.5 Å². The summed E-state index contributed by atoms with van der Waals surface area (Å²) in [5, 5.41) is 5.15. The Labute approximate surface area is 104 Å². The number of amides is 1. The van der Waals surface area contributed by atoms with Gasteiger partial charge in [0.25, 0.3) is 0 Å². The maximum Gasteiger partial charge on any atom is 0.357 e. The van der Waals surface area contributed by atoms with Gasteiger partial charge in [0.1, 0.15) is 0 Å². The first-order valence-corrected chi connectivity index (χ1v) is 5.98. The maximum atomic E-state index is 11.1. The molecule has 0 spiro atoms. The molecule has 1 aromatic rings. The highest BCUT2D eigenvalue weighted by Gasteiger charge is 2.10. The number of nitrogens with one attached hydrogen (secondary N) is 1. The quantitative estimate of drug-likeness (QED) is 0.632. The van der Waals surface area contributed by atoms with Crippen molar-refractivity contribution in [3.8, 4) is 0 Å². The first-order chi connectivity index (χ1) is 8.17. The summed E-state index contributed by atoms with van der Waals surface area (Å²) in [4.78, 5) is 26.3. The Balaban J connectivity index is 2.40. The van der Waals surface area contributed by atoms with Crippen LogP contribution in [0.4, 0.5) is 0 Å². The molecule has 1 heterocycles. The SMILES string of the molecule is C/C=C/C(=O)NCCc1nc(C(=O)OC)cs1. The molecule has 1 rings (SSSR count). The van der Waals surface area contributed by atoms with Crippen molar-refractivity contribution in [1.29, 1.82) is 0 Å². The fourth-order valence-electron chi connectivity index (χ4n) is 1.13. The number of esters is 1. The van der Waals surface area contributed by atoms with E-state index < -0.39 is 5.97 Å². The van der Waals surface area contributed by atoms with Crippen LogP contribution in [-0.4, -0.2) is 30.5 Å². The van der Waals surface area contributed by atoms with Crippen LogP contribution in [0, 0.1) is 0 Å². The van der Waals surface area contributed by atoms with Crippen molar-refractivity contribution >= 4 is 23.2 Å². The Morgan fingerprint density at radius 1 is 1.59 bits per heavy atom. The molecule has 0 fully saturated rings. The van der Waals surface area contributed by atoms with Gasteiger partial charge in [-0.2, -0.15) is 0 Å². The Bertz CT molecular complexity index is 426. The van der Waals surface area contributed by atoms with E-state index in [4.69, 9.17) is 0 Å². The molecule has 6 heteroatoms. The summed E-state index contributed by atoms with van der Waals surface area (Å²) in [6.07, 6.45) is 3.74. The zero-order valence-electron chi connectivity index (χ0n) is 9.73. The van der Waals surface area contributed by atoms with Crippen LogP contribution in [0.2, 0.25) is 0 Å². The van der Waals surface area contributed by atoms with Crippen LogP contribution in [0.15, 0.2) is 17.5 Å². The van der Waals surface area contributed by atoms with Gasteiger partial charge in [-0.25, -0.2) is 9.78 Å². The van der Waals surface area contributed by atoms with Gasteiger partial charge in [-0.3, -0.25) is 4.79 Å². The van der Waals surface area contributed by atoms with E-state index in [-0.39, 0.29) is 5.91 Å². The Morgan fingerprint density at radius 2 is 2.35 bits per heavy atom. The minimum atomic E-state index is -0.439. The molecule has 17 heavy (non-hydrogen) atoms. The Morgan fingerprint density at radius 3 is 3.00 bits per heavy atom. The normalized spacial score (nSPS) is 10.5. The second-order valence-electron chi connectivity index (χ2n) is 3.16. The van der Waals surface area contributed by atoms with E-state index in [1.807, 2.05) is 0 Å². The van der Waals surface area contributed by atoms with Gasteiger partial charge in [0.05, 0.1) is 12.1 Å². The number of hydrogen-bond donors (Lipinski definition) is 1. The smallest absolute Gasteiger partial charge is 0.357 e. The number of hydrogen-bond acceptors (Lipinski definition) is 5. The van der Waals surface area contributed by atoms with E-state index in [0.717, 1.165) is 5.01 Å². The third-order valence-electron chi connectivity index (χ3n) is 1.90. The molecule has 5 nitrogen and oxygen atoms in total. The summed E-state index contributed by atoms with van der Waals surface area (Å²) in [6, 6.07) is 0. The molecule has 92 valence electrons. The number of ether oxygens (including phenoxy) is 1. The van der Waals surface area contributed by atoms with Gasteiger partial charge in [0.15, 0.2) is 5.69 Å². The molecule has 0 saturated heterocycles. The highest BCUT2D eigenvalue weighted by Crippen LogP contribution is 2.10. The first-order valence-electron chi connectivity index (χ1n) is 5.10. The molecule has 0 aliphatic heterocycles. The molecule has 1 N–H and O–H groups in total. The molecule has 0 radical (unpaired) electrons. The topological polar surface area (TPSA) is 68.3 Å². The highest BCUT2D eigenvalue weighted by atomic mass is 32.1. The number of rotatable bonds is 5. The van der Waals surface area contributed by atoms with Crippen LogP contribution in [-0.2, 0) is 16.0 Å². The summed E-state index contributed by atoms with van der Waals surface area (Å²) < 4.78 is 4.55. The zero-order chi connectivity index (χ0) is 12.7. The second-order valence-corrected chi connectivity index (χ2v) is 4.10. The standard InChI is InChI=1S/C11H14N2O3S/c1-3-4-9(14)12-6-5-10-13-8(7-17-10)11(15)16-2/h3-4,7H,5-6H2,1-2H3,(H,12,14)/b4-3+. The lowest BCUT2D eigenvalue weighted by Crippen LogP contribution is -2.23. The number of allylic oxidation sites excluding steroid dienone is 1. The van der Waals surface area contributed by atoms with Gasteiger partial charge in [0, 0.05) is 18.3 Å².